The molecule has 0 unspecified atom stereocenters. The van der Waals surface area contributed by atoms with Gasteiger partial charge in [-0.05, 0) is 44.4 Å². The Morgan fingerprint density at radius 3 is 2.47 bits per heavy atom. The van der Waals surface area contributed by atoms with E-state index in [1.807, 2.05) is 12.1 Å². The van der Waals surface area contributed by atoms with E-state index in [9.17, 15) is 14.4 Å². The number of nitrogens with zero attached hydrogens (tertiary/aromatic N) is 1. The van der Waals surface area contributed by atoms with E-state index in [4.69, 9.17) is 4.74 Å². The third kappa shape index (κ3) is 2.43. The number of rotatable bonds is 3. The van der Waals surface area contributed by atoms with Gasteiger partial charge in [-0.3, -0.25) is 14.4 Å². The van der Waals surface area contributed by atoms with Gasteiger partial charge in [0.25, 0.3) is 0 Å². The summed E-state index contributed by atoms with van der Waals surface area (Å²) in [4.78, 5) is 42.7. The normalized spacial score (nSPS) is 29.5. The zero-order chi connectivity index (χ0) is 21.1. The highest BCUT2D eigenvalue weighted by molar-refractivity contribution is 9.10. The van der Waals surface area contributed by atoms with E-state index < -0.39 is 22.7 Å². The highest BCUT2D eigenvalue weighted by Crippen LogP contribution is 2.78. The first-order chi connectivity index (χ1) is 14.4. The predicted octanol–water partition coefficient (Wildman–Crippen LogP) is 4.35. The summed E-state index contributed by atoms with van der Waals surface area (Å²) in [5.74, 6) is -1.18. The average Bonchev–Trinajstić information content (AvgIpc) is 3.37. The van der Waals surface area contributed by atoms with Crippen molar-refractivity contribution >= 4 is 33.6 Å². The minimum absolute atomic E-state index is 0.191. The maximum atomic E-state index is 13.8. The smallest absolute Gasteiger partial charge is 0.328 e. The number of halogens is 1. The fraction of sp³-hybridized carbons (Fsp3) is 0.375. The minimum Gasteiger partial charge on any atom is -0.425 e. The van der Waals surface area contributed by atoms with Crippen LogP contribution in [-0.2, 0) is 9.59 Å². The Bertz CT molecular complexity index is 1060. The molecule has 2 aromatic carbocycles. The summed E-state index contributed by atoms with van der Waals surface area (Å²) in [6, 6.07) is 14.3. The molecule has 1 aliphatic carbocycles. The molecule has 0 radical (unpaired) electrons. The quantitative estimate of drug-likeness (QED) is 0.291. The first kappa shape index (κ1) is 19.5. The number of hydrogen-bond donors (Lipinski definition) is 0. The second-order valence-corrected chi connectivity index (χ2v) is 9.48. The first-order valence-electron chi connectivity index (χ1n) is 10.3. The largest absolute Gasteiger partial charge is 0.425 e. The summed E-state index contributed by atoms with van der Waals surface area (Å²) in [6.45, 7) is 2.98. The molecule has 1 saturated heterocycles. The average molecular weight is 468 g/mol. The number of piperidine rings is 1. The maximum Gasteiger partial charge on any atom is 0.328 e. The lowest BCUT2D eigenvalue weighted by atomic mass is 9.85. The SMILES string of the molecule is C[C@]1(C(=O)c2ccccc2)[C@@H]2c3cc(Br)ccc3OC(=O)[C@]21C(=O)N1CCCCC1. The van der Waals surface area contributed by atoms with Crippen LogP contribution in [0.15, 0.2) is 53.0 Å². The molecule has 5 rings (SSSR count). The van der Waals surface area contributed by atoms with Gasteiger partial charge in [-0.25, -0.2) is 0 Å². The van der Waals surface area contributed by atoms with Gasteiger partial charge in [-0.2, -0.15) is 0 Å². The van der Waals surface area contributed by atoms with Crippen LogP contribution in [0.1, 0.15) is 48.0 Å². The first-order valence-corrected chi connectivity index (χ1v) is 11.1. The van der Waals surface area contributed by atoms with E-state index in [1.54, 1.807) is 48.2 Å². The van der Waals surface area contributed by atoms with Crippen molar-refractivity contribution in [2.24, 2.45) is 10.8 Å². The van der Waals surface area contributed by atoms with Crippen molar-refractivity contribution in [3.05, 3.63) is 64.1 Å². The Hall–Kier alpha value is -2.47. The molecule has 1 saturated carbocycles. The Kier molecular flexibility index (Phi) is 4.40. The summed E-state index contributed by atoms with van der Waals surface area (Å²) in [5.41, 5.74) is -1.46. The molecule has 6 heteroatoms. The molecule has 2 fully saturated rings. The molecule has 5 nitrogen and oxygen atoms in total. The van der Waals surface area contributed by atoms with Crippen LogP contribution < -0.4 is 4.74 Å². The van der Waals surface area contributed by atoms with Crippen LogP contribution in [0.2, 0.25) is 0 Å². The van der Waals surface area contributed by atoms with E-state index in [1.165, 1.54) is 0 Å². The Balaban J connectivity index is 1.68. The highest BCUT2D eigenvalue weighted by Gasteiger charge is 2.88. The standard InChI is InChI=1S/C24H22BrNO4/c1-23(20(27)15-8-4-2-5-9-15)19-17-14-16(25)10-11-18(17)30-22(29)24(19,23)21(28)26-12-6-3-7-13-26/h2,4-5,8-11,14,19H,3,6-7,12-13H2,1H3/t19-,23+,24+/m0/s1. The van der Waals surface area contributed by atoms with E-state index in [0.717, 1.165) is 29.3 Å². The third-order valence-corrected chi connectivity index (χ3v) is 7.54. The zero-order valence-electron chi connectivity index (χ0n) is 16.7. The lowest BCUT2D eigenvalue weighted by Gasteiger charge is -2.32. The van der Waals surface area contributed by atoms with Gasteiger partial charge in [0, 0.05) is 34.6 Å². The van der Waals surface area contributed by atoms with Crippen molar-refractivity contribution in [2.75, 3.05) is 13.1 Å². The third-order valence-electron chi connectivity index (χ3n) is 7.04. The number of esters is 1. The van der Waals surface area contributed by atoms with Gasteiger partial charge < -0.3 is 9.64 Å². The van der Waals surface area contributed by atoms with Crippen LogP contribution in [0, 0.1) is 10.8 Å². The van der Waals surface area contributed by atoms with E-state index >= 15 is 0 Å². The molecular weight excluding hydrogens is 446 g/mol. The Morgan fingerprint density at radius 1 is 1.07 bits per heavy atom. The van der Waals surface area contributed by atoms with Gasteiger partial charge in [0.15, 0.2) is 11.2 Å². The fourth-order valence-electron chi connectivity index (χ4n) is 5.49. The number of carbonyl (C=O) groups excluding carboxylic acids is 3. The maximum absolute atomic E-state index is 13.8. The molecule has 1 amide bonds. The molecule has 0 spiro atoms. The summed E-state index contributed by atoms with van der Waals surface area (Å²) < 4.78 is 6.50. The topological polar surface area (TPSA) is 63.7 Å². The van der Waals surface area contributed by atoms with Crippen LogP contribution in [0.25, 0.3) is 0 Å². The zero-order valence-corrected chi connectivity index (χ0v) is 18.3. The number of ketones is 1. The van der Waals surface area contributed by atoms with E-state index in [-0.39, 0.29) is 11.7 Å². The summed E-state index contributed by atoms with van der Waals surface area (Å²) in [6.07, 6.45) is 2.89. The van der Waals surface area contributed by atoms with Crippen molar-refractivity contribution in [3.8, 4) is 5.75 Å². The lowest BCUT2D eigenvalue weighted by molar-refractivity contribution is -0.154. The Morgan fingerprint density at radius 2 is 1.77 bits per heavy atom. The fourth-order valence-corrected chi connectivity index (χ4v) is 5.87. The predicted molar refractivity (Wildman–Crippen MR) is 114 cm³/mol. The molecular formula is C24H22BrNO4. The lowest BCUT2D eigenvalue weighted by Crippen LogP contribution is -2.49. The summed E-state index contributed by atoms with van der Waals surface area (Å²) >= 11 is 3.48. The van der Waals surface area contributed by atoms with Gasteiger partial charge in [0.1, 0.15) is 5.75 Å². The van der Waals surface area contributed by atoms with Crippen molar-refractivity contribution < 1.29 is 19.1 Å². The van der Waals surface area contributed by atoms with Crippen LogP contribution in [0.4, 0.5) is 0 Å². The van der Waals surface area contributed by atoms with Crippen LogP contribution in [0.5, 0.6) is 5.75 Å². The molecule has 0 N–H and O–H groups in total. The van der Waals surface area contributed by atoms with Crippen LogP contribution in [0.3, 0.4) is 0 Å². The number of Topliss-reactive ketones (excluding diaryl/α,β-unsaturated/α-hetero) is 1. The molecule has 2 aliphatic heterocycles. The molecule has 30 heavy (non-hydrogen) atoms. The van der Waals surface area contributed by atoms with Crippen molar-refractivity contribution in [3.63, 3.8) is 0 Å². The van der Waals surface area contributed by atoms with E-state index in [0.29, 0.717) is 24.4 Å². The highest BCUT2D eigenvalue weighted by atomic mass is 79.9. The van der Waals surface area contributed by atoms with E-state index in [2.05, 4.69) is 15.9 Å². The number of amides is 1. The molecule has 3 aliphatic rings. The molecule has 2 aromatic rings. The van der Waals surface area contributed by atoms with Gasteiger partial charge in [-0.1, -0.05) is 46.3 Å². The molecule has 154 valence electrons. The number of benzene rings is 2. The number of carbonyl (C=O) groups is 3. The second-order valence-electron chi connectivity index (χ2n) is 8.56. The number of likely N-dealkylation sites (tertiary alicyclic amines) is 1. The number of ether oxygens (including phenoxy) is 1. The van der Waals surface area contributed by atoms with Crippen molar-refractivity contribution in [1.82, 2.24) is 4.90 Å². The van der Waals surface area contributed by atoms with Crippen molar-refractivity contribution in [1.29, 1.82) is 0 Å². The number of fused-ring (bicyclic) bond motifs is 3. The summed E-state index contributed by atoms with van der Waals surface area (Å²) in [5, 5.41) is 0. The van der Waals surface area contributed by atoms with Crippen molar-refractivity contribution in [2.45, 2.75) is 32.1 Å². The van der Waals surface area contributed by atoms with Gasteiger partial charge in [-0.15, -0.1) is 0 Å². The molecule has 0 bridgehead atoms. The minimum atomic E-state index is -1.51. The van der Waals surface area contributed by atoms with Gasteiger partial charge in [0.2, 0.25) is 5.91 Å². The van der Waals surface area contributed by atoms with Gasteiger partial charge >= 0.3 is 5.97 Å². The molecule has 2 heterocycles. The van der Waals surface area contributed by atoms with Crippen LogP contribution in [-0.4, -0.2) is 35.6 Å². The Labute approximate surface area is 183 Å². The number of hydrogen-bond acceptors (Lipinski definition) is 4. The van der Waals surface area contributed by atoms with Crippen LogP contribution >= 0.6 is 15.9 Å². The molecule has 3 atom stereocenters. The monoisotopic (exact) mass is 467 g/mol. The molecule has 0 aromatic heterocycles. The van der Waals surface area contributed by atoms with Gasteiger partial charge in [0.05, 0.1) is 5.41 Å². The summed E-state index contributed by atoms with van der Waals surface area (Å²) in [7, 11) is 0. The second kappa shape index (κ2) is 6.77.